The maximum atomic E-state index is 14.2. The van der Waals surface area contributed by atoms with Gasteiger partial charge in [0.25, 0.3) is 5.91 Å². The average Bonchev–Trinajstić information content (AvgIpc) is 3.43. The first-order valence-electron chi connectivity index (χ1n) is 13.9. The molecule has 4 aromatic rings. The quantitative estimate of drug-likeness (QED) is 0.171. The van der Waals surface area contributed by atoms with Crippen LogP contribution in [-0.4, -0.2) is 34.7 Å². The molecule has 42 heavy (non-hydrogen) atoms. The molecule has 214 valence electrons. The van der Waals surface area contributed by atoms with E-state index in [1.54, 1.807) is 24.4 Å². The number of hydrogen-bond acceptors (Lipinski definition) is 8. The van der Waals surface area contributed by atoms with E-state index >= 15 is 0 Å². The van der Waals surface area contributed by atoms with E-state index in [4.69, 9.17) is 17.2 Å². The number of amides is 2. The van der Waals surface area contributed by atoms with Crippen LogP contribution < -0.4 is 27.8 Å². The zero-order valence-electron chi connectivity index (χ0n) is 22.9. The van der Waals surface area contributed by atoms with E-state index in [1.165, 1.54) is 17.4 Å². The minimum absolute atomic E-state index is 0.225. The number of anilines is 1. The molecule has 0 saturated heterocycles. The van der Waals surface area contributed by atoms with E-state index in [0.717, 1.165) is 24.8 Å². The van der Waals surface area contributed by atoms with Crippen LogP contribution in [0.2, 0.25) is 0 Å². The fourth-order valence-corrected chi connectivity index (χ4v) is 7.44. The summed E-state index contributed by atoms with van der Waals surface area (Å²) in [4.78, 5) is 44.8. The highest BCUT2D eigenvalue weighted by Crippen LogP contribution is 2.49. The summed E-state index contributed by atoms with van der Waals surface area (Å²) in [6, 6.07) is 15.0. The molecular weight excluding hydrogens is 548 g/mol. The third-order valence-electron chi connectivity index (χ3n) is 8.40. The zero-order chi connectivity index (χ0) is 29.6. The Hall–Kier alpha value is -4.38. The minimum Gasteiger partial charge on any atom is -0.398 e. The molecule has 4 atom stereocenters. The first-order chi connectivity index (χ1) is 20.2. The standard InChI is InChI=1S/C32H32N6O3S/c1-2-24(39)37-21-10-6-7-11-22(21)38-31(41)29-26-25-19(12-13-20(33)28(25)42-29)32(35,30(40)27(26)34)18-14-15-36-23(16-18)17-8-4-3-5-9-17/h2-5,8-9,12-16,21-22,27H,1,6-7,10-11,33-35H2,(H,37,39)(H,38,41)/t21-,22-,27?,32?/m1/s1. The van der Waals surface area contributed by atoms with Crippen molar-refractivity contribution in [2.75, 3.05) is 5.73 Å². The normalized spacial score (nSPS) is 23.4. The number of benzene rings is 2. The van der Waals surface area contributed by atoms with Gasteiger partial charge in [0.2, 0.25) is 5.91 Å². The van der Waals surface area contributed by atoms with E-state index in [-0.39, 0.29) is 23.9 Å². The van der Waals surface area contributed by atoms with E-state index in [2.05, 4.69) is 22.2 Å². The second-order valence-electron chi connectivity index (χ2n) is 10.9. The molecule has 2 aliphatic rings. The second kappa shape index (κ2) is 10.8. The Balaban J connectivity index is 1.44. The Labute approximate surface area is 247 Å². The smallest absolute Gasteiger partial charge is 0.262 e. The van der Waals surface area contributed by atoms with Crippen LogP contribution in [0.15, 0.2) is 73.4 Å². The van der Waals surface area contributed by atoms with Crippen molar-refractivity contribution < 1.29 is 14.4 Å². The molecule has 2 aliphatic carbocycles. The first-order valence-corrected chi connectivity index (χ1v) is 14.8. The van der Waals surface area contributed by atoms with Crippen LogP contribution in [-0.2, 0) is 15.1 Å². The maximum Gasteiger partial charge on any atom is 0.262 e. The van der Waals surface area contributed by atoms with Crippen molar-refractivity contribution in [3.05, 3.63) is 95.0 Å². The highest BCUT2D eigenvalue weighted by atomic mass is 32.1. The van der Waals surface area contributed by atoms with Crippen molar-refractivity contribution in [1.29, 1.82) is 0 Å². The van der Waals surface area contributed by atoms with Gasteiger partial charge in [-0.3, -0.25) is 19.4 Å². The van der Waals surface area contributed by atoms with Crippen molar-refractivity contribution in [2.24, 2.45) is 11.5 Å². The van der Waals surface area contributed by atoms with Gasteiger partial charge in [-0.05, 0) is 48.2 Å². The number of nitrogens with one attached hydrogen (secondary N) is 2. The predicted octanol–water partition coefficient (Wildman–Crippen LogP) is 3.67. The molecule has 1 fully saturated rings. The summed E-state index contributed by atoms with van der Waals surface area (Å²) in [7, 11) is 0. The number of nitrogens with zero attached hydrogens (tertiary/aromatic N) is 1. The molecule has 2 aromatic carbocycles. The van der Waals surface area contributed by atoms with Crippen LogP contribution in [0.3, 0.4) is 0 Å². The van der Waals surface area contributed by atoms with E-state index < -0.39 is 17.4 Å². The lowest BCUT2D eigenvalue weighted by Gasteiger charge is -2.37. The average molecular weight is 581 g/mol. The van der Waals surface area contributed by atoms with Crippen LogP contribution in [0.5, 0.6) is 0 Å². The minimum atomic E-state index is -1.58. The molecule has 0 spiro atoms. The number of ketones is 1. The van der Waals surface area contributed by atoms with Gasteiger partial charge in [0, 0.05) is 40.5 Å². The highest BCUT2D eigenvalue weighted by Gasteiger charge is 2.49. The number of nitrogens with two attached hydrogens (primary N) is 3. The monoisotopic (exact) mass is 580 g/mol. The van der Waals surface area contributed by atoms with Gasteiger partial charge in [0.05, 0.1) is 21.3 Å². The Morgan fingerprint density at radius 1 is 1.05 bits per heavy atom. The van der Waals surface area contributed by atoms with E-state index in [1.807, 2.05) is 36.4 Å². The van der Waals surface area contributed by atoms with Crippen molar-refractivity contribution in [3.63, 3.8) is 0 Å². The Kier molecular flexibility index (Phi) is 7.14. The van der Waals surface area contributed by atoms with Crippen LogP contribution in [0, 0.1) is 0 Å². The molecule has 8 N–H and O–H groups in total. The highest BCUT2D eigenvalue weighted by molar-refractivity contribution is 7.21. The summed E-state index contributed by atoms with van der Waals surface area (Å²) in [6.07, 6.45) is 6.18. The zero-order valence-corrected chi connectivity index (χ0v) is 23.7. The van der Waals surface area contributed by atoms with Gasteiger partial charge in [0.1, 0.15) is 5.54 Å². The Morgan fingerprint density at radius 2 is 1.76 bits per heavy atom. The molecule has 9 nitrogen and oxygen atoms in total. The molecule has 2 amide bonds. The van der Waals surface area contributed by atoms with Crippen LogP contribution in [0.25, 0.3) is 21.3 Å². The van der Waals surface area contributed by atoms with Gasteiger partial charge in [-0.15, -0.1) is 11.3 Å². The number of rotatable bonds is 6. The largest absolute Gasteiger partial charge is 0.398 e. The summed E-state index contributed by atoms with van der Waals surface area (Å²) in [6.45, 7) is 3.53. The third kappa shape index (κ3) is 4.48. The second-order valence-corrected chi connectivity index (χ2v) is 11.9. The van der Waals surface area contributed by atoms with Gasteiger partial charge in [-0.1, -0.05) is 55.8 Å². The van der Waals surface area contributed by atoms with Gasteiger partial charge < -0.3 is 27.8 Å². The van der Waals surface area contributed by atoms with Crippen molar-refractivity contribution in [3.8, 4) is 11.3 Å². The molecule has 1 saturated carbocycles. The topological polar surface area (TPSA) is 166 Å². The molecule has 0 radical (unpaired) electrons. The molecular formula is C32H32N6O3S. The number of Topliss-reactive ketones (excluding diaryl/α,β-unsaturated/α-hetero) is 1. The van der Waals surface area contributed by atoms with Gasteiger partial charge in [-0.2, -0.15) is 0 Å². The molecule has 2 aromatic heterocycles. The summed E-state index contributed by atoms with van der Waals surface area (Å²) in [5.74, 6) is -1.06. The third-order valence-corrected chi connectivity index (χ3v) is 9.65. The number of nitrogen functional groups attached to an aromatic ring is 1. The van der Waals surface area contributed by atoms with E-state index in [0.29, 0.717) is 49.5 Å². The summed E-state index contributed by atoms with van der Waals surface area (Å²) in [5, 5.41) is 6.67. The lowest BCUT2D eigenvalue weighted by Crippen LogP contribution is -2.54. The summed E-state index contributed by atoms with van der Waals surface area (Å²) >= 11 is 1.21. The van der Waals surface area contributed by atoms with Crippen molar-refractivity contribution in [2.45, 2.75) is 49.3 Å². The van der Waals surface area contributed by atoms with Crippen LogP contribution in [0.1, 0.15) is 58.1 Å². The van der Waals surface area contributed by atoms with Crippen molar-refractivity contribution >= 4 is 44.7 Å². The first kappa shape index (κ1) is 27.8. The van der Waals surface area contributed by atoms with Gasteiger partial charge in [0.15, 0.2) is 5.78 Å². The Morgan fingerprint density at radius 3 is 2.48 bits per heavy atom. The van der Waals surface area contributed by atoms with Crippen LogP contribution in [0.4, 0.5) is 5.69 Å². The number of pyridine rings is 1. The molecule has 2 heterocycles. The lowest BCUT2D eigenvalue weighted by molar-refractivity contribution is -0.124. The Bertz CT molecular complexity index is 1740. The maximum absolute atomic E-state index is 14.2. The summed E-state index contributed by atoms with van der Waals surface area (Å²) in [5.41, 5.74) is 22.1. The predicted molar refractivity (Wildman–Crippen MR) is 165 cm³/mol. The number of carbonyl (C=O) groups excluding carboxylic acids is 3. The molecule has 0 bridgehead atoms. The molecule has 6 rings (SSSR count). The molecule has 10 heteroatoms. The lowest BCUT2D eigenvalue weighted by atomic mass is 9.70. The number of carbonyl (C=O) groups is 3. The van der Waals surface area contributed by atoms with E-state index in [9.17, 15) is 14.4 Å². The fraction of sp³-hybridized carbons (Fsp3) is 0.250. The number of thiophene rings is 1. The fourth-order valence-electron chi connectivity index (χ4n) is 6.24. The van der Waals surface area contributed by atoms with Crippen LogP contribution >= 0.6 is 11.3 Å². The van der Waals surface area contributed by atoms with Gasteiger partial charge >= 0.3 is 0 Å². The SMILES string of the molecule is C=CC(=O)N[C@@H]1CCCC[C@H]1NC(=O)c1sc2c(N)ccc3c2c1C(N)C(=O)C3(N)c1ccnc(-c2ccccc2)c1. The van der Waals surface area contributed by atoms with Gasteiger partial charge in [-0.25, -0.2) is 0 Å². The van der Waals surface area contributed by atoms with Crippen molar-refractivity contribution in [1.82, 2.24) is 15.6 Å². The molecule has 2 unspecified atom stereocenters. The summed E-state index contributed by atoms with van der Waals surface area (Å²) < 4.78 is 0.655. The number of hydrogen-bond donors (Lipinski definition) is 5. The molecule has 0 aliphatic heterocycles. The number of aromatic nitrogens is 1.